The molecule has 2 aromatic carbocycles. The molecule has 0 aliphatic rings. The molecule has 0 aromatic heterocycles. The summed E-state index contributed by atoms with van der Waals surface area (Å²) in [5, 5.41) is 3.45. The van der Waals surface area contributed by atoms with Gasteiger partial charge in [0.15, 0.2) is 0 Å². The van der Waals surface area contributed by atoms with Gasteiger partial charge in [0, 0.05) is 16.6 Å². The normalized spacial score (nSPS) is 10.3. The van der Waals surface area contributed by atoms with Crippen molar-refractivity contribution in [2.24, 2.45) is 0 Å². The Balaban J connectivity index is 2.18. The summed E-state index contributed by atoms with van der Waals surface area (Å²) >= 11 is 6.41. The van der Waals surface area contributed by atoms with E-state index in [4.69, 9.17) is 0 Å². The lowest BCUT2D eigenvalue weighted by atomic mass is 10.2. The van der Waals surface area contributed by atoms with E-state index in [1.54, 1.807) is 12.1 Å². The molecular formula is C14H10Br2FNO. The summed E-state index contributed by atoms with van der Waals surface area (Å²) in [6.07, 6.45) is 0. The molecule has 0 saturated heterocycles. The zero-order valence-electron chi connectivity index (χ0n) is 9.79. The molecule has 0 radical (unpaired) electrons. The Labute approximate surface area is 127 Å². The topological polar surface area (TPSA) is 29.1 Å². The van der Waals surface area contributed by atoms with Crippen molar-refractivity contribution in [1.82, 2.24) is 0 Å². The molecule has 1 N–H and O–H groups in total. The number of hydrogen-bond acceptors (Lipinski definition) is 1. The third-order valence-electron chi connectivity index (χ3n) is 2.52. The van der Waals surface area contributed by atoms with Crippen molar-refractivity contribution in [2.75, 3.05) is 5.32 Å². The second-order valence-corrected chi connectivity index (χ2v) is 5.33. The van der Waals surface area contributed by atoms with Crippen LogP contribution in [-0.4, -0.2) is 5.91 Å². The lowest BCUT2D eigenvalue weighted by Gasteiger charge is -2.07. The fourth-order valence-electron chi connectivity index (χ4n) is 1.57. The summed E-state index contributed by atoms with van der Waals surface area (Å²) in [7, 11) is 0. The van der Waals surface area contributed by atoms with Crippen LogP contribution in [0.2, 0.25) is 0 Å². The van der Waals surface area contributed by atoms with E-state index in [0.717, 1.165) is 5.56 Å². The number of amides is 1. The van der Waals surface area contributed by atoms with Gasteiger partial charge < -0.3 is 5.32 Å². The van der Waals surface area contributed by atoms with Crippen molar-refractivity contribution in [3.63, 3.8) is 0 Å². The van der Waals surface area contributed by atoms with Crippen LogP contribution in [0, 0.1) is 5.82 Å². The Morgan fingerprint density at radius 2 is 2.00 bits per heavy atom. The molecule has 2 rings (SSSR count). The van der Waals surface area contributed by atoms with Gasteiger partial charge in [-0.3, -0.25) is 4.79 Å². The largest absolute Gasteiger partial charge is 0.322 e. The predicted octanol–water partition coefficient (Wildman–Crippen LogP) is 4.74. The highest BCUT2D eigenvalue weighted by Crippen LogP contribution is 2.18. The molecule has 0 bridgehead atoms. The van der Waals surface area contributed by atoms with E-state index in [0.29, 0.717) is 15.5 Å². The third-order valence-corrected chi connectivity index (χ3v) is 3.81. The van der Waals surface area contributed by atoms with E-state index in [9.17, 15) is 9.18 Å². The summed E-state index contributed by atoms with van der Waals surface area (Å²) in [4.78, 5) is 12.0. The van der Waals surface area contributed by atoms with Crippen LogP contribution in [-0.2, 0) is 5.33 Å². The Bertz CT molecular complexity index is 616. The molecule has 0 unspecified atom stereocenters. The van der Waals surface area contributed by atoms with E-state index in [2.05, 4.69) is 37.2 Å². The van der Waals surface area contributed by atoms with Gasteiger partial charge in [0.25, 0.3) is 5.91 Å². The number of anilines is 1. The van der Waals surface area contributed by atoms with Gasteiger partial charge in [-0.15, -0.1) is 0 Å². The molecule has 0 aliphatic carbocycles. The SMILES string of the molecule is O=C(Nc1cccc(CBr)c1)c1ccc(Br)c(F)c1. The van der Waals surface area contributed by atoms with Crippen LogP contribution in [0.3, 0.4) is 0 Å². The number of hydrogen-bond donors (Lipinski definition) is 1. The van der Waals surface area contributed by atoms with Gasteiger partial charge >= 0.3 is 0 Å². The highest BCUT2D eigenvalue weighted by Gasteiger charge is 2.09. The van der Waals surface area contributed by atoms with Crippen molar-refractivity contribution >= 4 is 43.5 Å². The summed E-state index contributed by atoms with van der Waals surface area (Å²) < 4.78 is 13.7. The number of benzene rings is 2. The van der Waals surface area contributed by atoms with Crippen molar-refractivity contribution in [2.45, 2.75) is 5.33 Å². The molecule has 0 spiro atoms. The first kappa shape index (κ1) is 14.2. The van der Waals surface area contributed by atoms with Gasteiger partial charge in [-0.1, -0.05) is 28.1 Å². The van der Waals surface area contributed by atoms with Crippen LogP contribution in [0.15, 0.2) is 46.9 Å². The van der Waals surface area contributed by atoms with Crippen LogP contribution in [0.4, 0.5) is 10.1 Å². The Morgan fingerprint density at radius 1 is 1.21 bits per heavy atom. The van der Waals surface area contributed by atoms with Gasteiger partial charge in [-0.2, -0.15) is 0 Å². The fraction of sp³-hybridized carbons (Fsp3) is 0.0714. The van der Waals surface area contributed by atoms with Crippen molar-refractivity contribution in [3.8, 4) is 0 Å². The maximum atomic E-state index is 13.4. The lowest BCUT2D eigenvalue weighted by molar-refractivity contribution is 0.102. The molecule has 0 saturated carbocycles. The quantitative estimate of drug-likeness (QED) is 0.758. The molecule has 0 aliphatic heterocycles. The average Bonchev–Trinajstić information content (AvgIpc) is 2.42. The number of nitrogens with one attached hydrogen (secondary N) is 1. The first-order valence-corrected chi connectivity index (χ1v) is 7.43. The summed E-state index contributed by atoms with van der Waals surface area (Å²) in [5.41, 5.74) is 2.02. The minimum atomic E-state index is -0.457. The molecule has 0 heterocycles. The summed E-state index contributed by atoms with van der Waals surface area (Å²) in [5.74, 6) is -0.792. The Hall–Kier alpha value is -1.20. The van der Waals surface area contributed by atoms with E-state index in [1.165, 1.54) is 12.1 Å². The number of halogens is 3. The Morgan fingerprint density at radius 3 is 2.68 bits per heavy atom. The zero-order chi connectivity index (χ0) is 13.8. The zero-order valence-corrected chi connectivity index (χ0v) is 13.0. The maximum Gasteiger partial charge on any atom is 0.255 e. The molecule has 98 valence electrons. The molecule has 2 nitrogen and oxygen atoms in total. The third kappa shape index (κ3) is 3.64. The van der Waals surface area contributed by atoms with Crippen LogP contribution in [0.25, 0.3) is 0 Å². The standard InChI is InChI=1S/C14H10Br2FNO/c15-8-9-2-1-3-11(6-9)18-14(19)10-4-5-12(16)13(17)7-10/h1-7H,8H2,(H,18,19). The molecule has 19 heavy (non-hydrogen) atoms. The van der Waals surface area contributed by atoms with E-state index in [1.807, 2.05) is 18.2 Å². The lowest BCUT2D eigenvalue weighted by Crippen LogP contribution is -2.12. The van der Waals surface area contributed by atoms with Crippen LogP contribution in [0.1, 0.15) is 15.9 Å². The summed E-state index contributed by atoms with van der Waals surface area (Å²) in [6.45, 7) is 0. The fourth-order valence-corrected chi connectivity index (χ4v) is 2.17. The average molecular weight is 387 g/mol. The van der Waals surface area contributed by atoms with Gasteiger partial charge in [-0.05, 0) is 51.8 Å². The second-order valence-electron chi connectivity index (χ2n) is 3.92. The van der Waals surface area contributed by atoms with Crippen molar-refractivity contribution < 1.29 is 9.18 Å². The summed E-state index contributed by atoms with van der Waals surface area (Å²) in [6, 6.07) is 11.7. The smallest absolute Gasteiger partial charge is 0.255 e. The Kier molecular flexibility index (Phi) is 4.71. The molecule has 0 atom stereocenters. The highest BCUT2D eigenvalue weighted by molar-refractivity contribution is 9.10. The van der Waals surface area contributed by atoms with Gasteiger partial charge in [0.05, 0.1) is 4.47 Å². The number of rotatable bonds is 3. The molecule has 2 aromatic rings. The van der Waals surface area contributed by atoms with Gasteiger partial charge in [0.1, 0.15) is 5.82 Å². The number of carbonyl (C=O) groups is 1. The maximum absolute atomic E-state index is 13.4. The van der Waals surface area contributed by atoms with Crippen molar-refractivity contribution in [1.29, 1.82) is 0 Å². The van der Waals surface area contributed by atoms with Crippen LogP contribution >= 0.6 is 31.9 Å². The van der Waals surface area contributed by atoms with E-state index < -0.39 is 5.82 Å². The monoisotopic (exact) mass is 385 g/mol. The van der Waals surface area contributed by atoms with Gasteiger partial charge in [-0.25, -0.2) is 4.39 Å². The number of alkyl halides is 1. The van der Waals surface area contributed by atoms with Gasteiger partial charge in [0.2, 0.25) is 0 Å². The second kappa shape index (κ2) is 6.30. The molecular weight excluding hydrogens is 377 g/mol. The van der Waals surface area contributed by atoms with E-state index >= 15 is 0 Å². The minimum absolute atomic E-state index is 0.282. The molecule has 0 fully saturated rings. The van der Waals surface area contributed by atoms with Crippen molar-refractivity contribution in [3.05, 3.63) is 63.9 Å². The van der Waals surface area contributed by atoms with Crippen LogP contribution in [0.5, 0.6) is 0 Å². The minimum Gasteiger partial charge on any atom is -0.322 e. The number of carbonyl (C=O) groups excluding carboxylic acids is 1. The first-order valence-electron chi connectivity index (χ1n) is 5.51. The predicted molar refractivity (Wildman–Crippen MR) is 81.1 cm³/mol. The van der Waals surface area contributed by atoms with E-state index in [-0.39, 0.29) is 11.5 Å². The highest BCUT2D eigenvalue weighted by atomic mass is 79.9. The van der Waals surface area contributed by atoms with Crippen LogP contribution < -0.4 is 5.32 Å². The molecule has 5 heteroatoms. The molecule has 1 amide bonds. The first-order chi connectivity index (χ1) is 9.10.